The van der Waals surface area contributed by atoms with E-state index in [-0.39, 0.29) is 5.41 Å². The van der Waals surface area contributed by atoms with Crippen molar-refractivity contribution in [1.29, 1.82) is 0 Å². The van der Waals surface area contributed by atoms with E-state index in [0.717, 1.165) is 0 Å². The first-order valence-corrected chi connectivity index (χ1v) is 18.2. The van der Waals surface area contributed by atoms with Crippen molar-refractivity contribution in [1.82, 2.24) is 0 Å². The number of rotatable bonds is 2. The highest BCUT2D eigenvalue weighted by atomic mass is 32.1. The molecule has 1 atom stereocenters. The van der Waals surface area contributed by atoms with Crippen LogP contribution in [0.25, 0.3) is 85.9 Å². The van der Waals surface area contributed by atoms with E-state index < -0.39 is 0 Å². The third kappa shape index (κ3) is 3.22. The number of fused-ring (bicyclic) bond motifs is 13. The molecule has 1 spiro atoms. The Morgan fingerprint density at radius 2 is 0.940 bits per heavy atom. The van der Waals surface area contributed by atoms with Crippen molar-refractivity contribution in [3.05, 3.63) is 192 Å². The van der Waals surface area contributed by atoms with Gasteiger partial charge in [-0.1, -0.05) is 152 Å². The lowest BCUT2D eigenvalue weighted by atomic mass is 9.70. The van der Waals surface area contributed by atoms with Gasteiger partial charge in [0.15, 0.2) is 0 Å². The van der Waals surface area contributed by atoms with E-state index in [0.29, 0.717) is 0 Å². The molecule has 0 radical (unpaired) electrons. The van der Waals surface area contributed by atoms with Gasteiger partial charge in [0.25, 0.3) is 0 Å². The normalized spacial score (nSPS) is 15.7. The molecule has 2 aliphatic rings. The van der Waals surface area contributed by atoms with Gasteiger partial charge in [0, 0.05) is 20.2 Å². The molecule has 0 bridgehead atoms. The quantitative estimate of drug-likeness (QED) is 0.164. The highest BCUT2D eigenvalue weighted by molar-refractivity contribution is 7.26. The molecular formula is C49H28S. The zero-order valence-electron chi connectivity index (χ0n) is 27.1. The molecule has 1 unspecified atom stereocenters. The second-order valence-electron chi connectivity index (χ2n) is 13.9. The molecule has 1 heterocycles. The predicted octanol–water partition coefficient (Wildman–Crippen LogP) is 13.5. The monoisotopic (exact) mass is 648 g/mol. The SMILES string of the molecule is c1ccc(-c2ccc3c(c2)-c2ccccc2C32c3cccc4c5ccc(-c6cccc7c6sc6ccccc67)cc5c5cccc2c5c34)cc1. The molecule has 0 N–H and O–H groups in total. The molecule has 1 aromatic heterocycles. The summed E-state index contributed by atoms with van der Waals surface area (Å²) in [6.07, 6.45) is 0. The fraction of sp³-hybridized carbons (Fsp3) is 0.0204. The molecular weight excluding hydrogens is 621 g/mol. The van der Waals surface area contributed by atoms with Crippen molar-refractivity contribution in [2.24, 2.45) is 0 Å². The van der Waals surface area contributed by atoms with E-state index in [1.54, 1.807) is 0 Å². The number of benzene rings is 9. The van der Waals surface area contributed by atoms with Crippen molar-refractivity contribution in [2.45, 2.75) is 5.41 Å². The number of thiophene rings is 1. The molecule has 0 fully saturated rings. The average Bonchev–Trinajstić information content (AvgIpc) is 3.82. The van der Waals surface area contributed by atoms with E-state index in [9.17, 15) is 0 Å². The summed E-state index contributed by atoms with van der Waals surface area (Å²) in [5, 5.41) is 10.8. The molecule has 1 heteroatoms. The molecule has 0 amide bonds. The average molecular weight is 649 g/mol. The molecule has 12 rings (SSSR count). The van der Waals surface area contributed by atoms with Gasteiger partial charge >= 0.3 is 0 Å². The Hall–Kier alpha value is -6.02. The predicted molar refractivity (Wildman–Crippen MR) is 214 cm³/mol. The van der Waals surface area contributed by atoms with Gasteiger partial charge in [0.05, 0.1) is 5.41 Å². The summed E-state index contributed by atoms with van der Waals surface area (Å²) in [6, 6.07) is 64.0. The zero-order valence-corrected chi connectivity index (χ0v) is 27.9. The number of hydrogen-bond acceptors (Lipinski definition) is 1. The summed E-state index contributed by atoms with van der Waals surface area (Å²) in [7, 11) is 0. The van der Waals surface area contributed by atoms with Gasteiger partial charge in [-0.05, 0) is 106 Å². The van der Waals surface area contributed by atoms with Gasteiger partial charge in [-0.15, -0.1) is 11.3 Å². The molecule has 0 saturated carbocycles. The molecule has 0 nitrogen and oxygen atoms in total. The Balaban J connectivity index is 1.17. The van der Waals surface area contributed by atoms with E-state index in [2.05, 4.69) is 170 Å². The van der Waals surface area contributed by atoms with E-state index in [1.807, 2.05) is 11.3 Å². The third-order valence-corrected chi connectivity index (χ3v) is 12.9. The van der Waals surface area contributed by atoms with Crippen LogP contribution >= 0.6 is 11.3 Å². The van der Waals surface area contributed by atoms with Gasteiger partial charge in [-0.3, -0.25) is 0 Å². The smallest absolute Gasteiger partial charge is 0.0725 e. The van der Waals surface area contributed by atoms with Gasteiger partial charge in [0.1, 0.15) is 0 Å². The highest BCUT2D eigenvalue weighted by Crippen LogP contribution is 2.63. The van der Waals surface area contributed by atoms with E-state index >= 15 is 0 Å². The van der Waals surface area contributed by atoms with Crippen molar-refractivity contribution in [2.75, 3.05) is 0 Å². The van der Waals surface area contributed by atoms with Crippen LogP contribution in [0.4, 0.5) is 0 Å². The van der Waals surface area contributed by atoms with Crippen LogP contribution in [0, 0.1) is 0 Å². The van der Waals surface area contributed by atoms with Crippen LogP contribution < -0.4 is 0 Å². The molecule has 50 heavy (non-hydrogen) atoms. The Kier molecular flexibility index (Phi) is 5.14. The van der Waals surface area contributed by atoms with Crippen molar-refractivity contribution < 1.29 is 0 Å². The lowest BCUT2D eigenvalue weighted by Crippen LogP contribution is -2.26. The molecule has 10 aromatic rings. The number of hydrogen-bond donors (Lipinski definition) is 0. The van der Waals surface area contributed by atoms with Gasteiger partial charge in [-0.25, -0.2) is 0 Å². The van der Waals surface area contributed by atoms with Crippen LogP contribution in [-0.4, -0.2) is 0 Å². The summed E-state index contributed by atoms with van der Waals surface area (Å²) in [6.45, 7) is 0. The molecule has 0 saturated heterocycles. The Morgan fingerprint density at radius 3 is 1.80 bits per heavy atom. The maximum atomic E-state index is 2.47. The minimum atomic E-state index is -0.370. The lowest BCUT2D eigenvalue weighted by Gasteiger charge is -2.30. The van der Waals surface area contributed by atoms with Crippen LogP contribution in [0.3, 0.4) is 0 Å². The fourth-order valence-corrected chi connectivity index (χ4v) is 10.9. The zero-order chi connectivity index (χ0) is 32.6. The lowest BCUT2D eigenvalue weighted by molar-refractivity contribution is 0.797. The summed E-state index contributed by atoms with van der Waals surface area (Å²) in [5.41, 5.74) is 13.0. The van der Waals surface area contributed by atoms with E-state index in [4.69, 9.17) is 0 Å². The maximum absolute atomic E-state index is 2.47. The summed E-state index contributed by atoms with van der Waals surface area (Å²) < 4.78 is 2.70. The topological polar surface area (TPSA) is 0 Å². The maximum Gasteiger partial charge on any atom is 0.0725 e. The standard InChI is InChI=1S/C49H28S/c1-2-11-29(12-3-1)30-24-26-42-40(27-30)34-13-4-6-19-41(34)49(42)43-20-9-16-36-33-25-23-31(28-39(33)37-17-10-21-44(49)47(37)46(36)43)32-15-8-18-38-35-14-5-7-22-45(35)50-48(32)38/h1-28H. The van der Waals surface area contributed by atoms with Crippen LogP contribution in [0.15, 0.2) is 170 Å². The largest absolute Gasteiger partial charge is 0.135 e. The van der Waals surface area contributed by atoms with Crippen molar-refractivity contribution in [3.63, 3.8) is 0 Å². The van der Waals surface area contributed by atoms with Crippen LogP contribution in [0.5, 0.6) is 0 Å². The van der Waals surface area contributed by atoms with Crippen molar-refractivity contribution in [3.8, 4) is 33.4 Å². The molecule has 0 aliphatic heterocycles. The second-order valence-corrected chi connectivity index (χ2v) is 15.0. The van der Waals surface area contributed by atoms with Crippen LogP contribution in [0.2, 0.25) is 0 Å². The van der Waals surface area contributed by atoms with Gasteiger partial charge in [0.2, 0.25) is 0 Å². The third-order valence-electron chi connectivity index (χ3n) is 11.7. The minimum absolute atomic E-state index is 0.370. The van der Waals surface area contributed by atoms with Crippen LogP contribution in [-0.2, 0) is 5.41 Å². The van der Waals surface area contributed by atoms with Gasteiger partial charge in [-0.2, -0.15) is 0 Å². The first-order valence-electron chi connectivity index (χ1n) is 17.4. The second kappa shape index (κ2) is 9.57. The fourth-order valence-electron chi connectivity index (χ4n) is 9.68. The Morgan fingerprint density at radius 1 is 0.320 bits per heavy atom. The molecule has 9 aromatic carbocycles. The first kappa shape index (κ1) is 26.9. The minimum Gasteiger partial charge on any atom is -0.135 e. The summed E-state index contributed by atoms with van der Waals surface area (Å²) in [4.78, 5) is 0. The van der Waals surface area contributed by atoms with Crippen LogP contribution in [0.1, 0.15) is 22.3 Å². The van der Waals surface area contributed by atoms with Crippen molar-refractivity contribution >= 4 is 63.8 Å². The first-order chi connectivity index (χ1) is 24.8. The highest BCUT2D eigenvalue weighted by Gasteiger charge is 2.50. The summed E-state index contributed by atoms with van der Waals surface area (Å²) in [5.74, 6) is 0. The molecule has 230 valence electrons. The van der Waals surface area contributed by atoms with Gasteiger partial charge < -0.3 is 0 Å². The summed E-state index contributed by atoms with van der Waals surface area (Å²) >= 11 is 1.90. The Bertz CT molecular complexity index is 3090. The Labute approximate surface area is 293 Å². The van der Waals surface area contributed by atoms with E-state index in [1.165, 1.54) is 108 Å². The molecule has 2 aliphatic carbocycles.